The molecule has 0 bridgehead atoms. The molecule has 0 atom stereocenters. The van der Waals surface area contributed by atoms with Gasteiger partial charge in [0.2, 0.25) is 0 Å². The Morgan fingerprint density at radius 2 is 1.88 bits per heavy atom. The summed E-state index contributed by atoms with van der Waals surface area (Å²) in [5.74, 6) is 1.74. The molecule has 2 nitrogen and oxygen atoms in total. The van der Waals surface area contributed by atoms with Crippen LogP contribution in [0.3, 0.4) is 0 Å². The zero-order valence-corrected chi connectivity index (χ0v) is 11.7. The minimum atomic E-state index is 0.518. The molecule has 2 aromatic carbocycles. The van der Waals surface area contributed by atoms with Gasteiger partial charge < -0.3 is 9.47 Å². The average molecular weight is 340 g/mol. The first-order valence-corrected chi connectivity index (χ1v) is 6.38. The van der Waals surface area contributed by atoms with Crippen LogP contribution in [-0.4, -0.2) is 7.11 Å². The number of benzene rings is 2. The average Bonchev–Trinajstić information content (AvgIpc) is 2.37. The first-order valence-electron chi connectivity index (χ1n) is 5.30. The van der Waals surface area contributed by atoms with Crippen molar-refractivity contribution in [2.75, 3.05) is 7.11 Å². The first kappa shape index (κ1) is 12.2. The maximum Gasteiger partial charge on any atom is 0.125 e. The summed E-state index contributed by atoms with van der Waals surface area (Å²) in [5.41, 5.74) is 1.05. The van der Waals surface area contributed by atoms with Gasteiger partial charge in [0.05, 0.1) is 7.11 Å². The van der Waals surface area contributed by atoms with E-state index in [1.807, 2.05) is 48.5 Å². The quantitative estimate of drug-likeness (QED) is 0.787. The lowest BCUT2D eigenvalue weighted by atomic mass is 10.2. The van der Waals surface area contributed by atoms with Gasteiger partial charge in [-0.3, -0.25) is 0 Å². The van der Waals surface area contributed by atoms with Crippen LogP contribution in [0, 0.1) is 3.57 Å². The summed E-state index contributed by atoms with van der Waals surface area (Å²) in [6, 6.07) is 15.9. The molecule has 0 fully saturated rings. The van der Waals surface area contributed by atoms with Crippen LogP contribution in [0.5, 0.6) is 11.5 Å². The maximum atomic E-state index is 5.73. The summed E-state index contributed by atoms with van der Waals surface area (Å²) in [5, 5.41) is 0. The lowest BCUT2D eigenvalue weighted by molar-refractivity contribution is 0.296. The van der Waals surface area contributed by atoms with Crippen molar-refractivity contribution in [2.24, 2.45) is 0 Å². The van der Waals surface area contributed by atoms with Crippen molar-refractivity contribution in [1.82, 2.24) is 0 Å². The molecule has 0 heterocycles. The summed E-state index contributed by atoms with van der Waals surface area (Å²) in [6.07, 6.45) is 0. The molecule has 17 heavy (non-hydrogen) atoms. The fraction of sp³-hybridized carbons (Fsp3) is 0.143. The van der Waals surface area contributed by atoms with E-state index >= 15 is 0 Å². The number of rotatable bonds is 4. The molecule has 0 aromatic heterocycles. The molecule has 0 aliphatic rings. The van der Waals surface area contributed by atoms with Crippen LogP contribution in [0.15, 0.2) is 48.5 Å². The Kier molecular flexibility index (Phi) is 4.25. The van der Waals surface area contributed by atoms with Crippen LogP contribution >= 0.6 is 22.6 Å². The highest BCUT2D eigenvalue weighted by Gasteiger charge is 2.02. The monoisotopic (exact) mass is 340 g/mol. The zero-order valence-electron chi connectivity index (χ0n) is 9.52. The summed E-state index contributed by atoms with van der Waals surface area (Å²) in [4.78, 5) is 0. The van der Waals surface area contributed by atoms with Crippen LogP contribution in [0.4, 0.5) is 0 Å². The Hall–Kier alpha value is -1.23. The van der Waals surface area contributed by atoms with Gasteiger partial charge in [0, 0.05) is 9.13 Å². The number of hydrogen-bond acceptors (Lipinski definition) is 2. The number of methoxy groups -OCH3 is 1. The van der Waals surface area contributed by atoms with Crippen LogP contribution in [-0.2, 0) is 6.61 Å². The van der Waals surface area contributed by atoms with Gasteiger partial charge in [-0.1, -0.05) is 24.3 Å². The molecule has 0 saturated carbocycles. The second-order valence-corrected chi connectivity index (χ2v) is 4.80. The van der Waals surface area contributed by atoms with E-state index in [0.29, 0.717) is 6.61 Å². The second-order valence-electron chi connectivity index (χ2n) is 3.56. The fourth-order valence-corrected chi connectivity index (χ4v) is 2.05. The Morgan fingerprint density at radius 1 is 1.06 bits per heavy atom. The summed E-state index contributed by atoms with van der Waals surface area (Å²) < 4.78 is 12.2. The predicted octanol–water partition coefficient (Wildman–Crippen LogP) is 3.88. The van der Waals surface area contributed by atoms with Gasteiger partial charge in [-0.15, -0.1) is 0 Å². The molecule has 0 radical (unpaired) electrons. The third kappa shape index (κ3) is 3.36. The highest BCUT2D eigenvalue weighted by molar-refractivity contribution is 14.1. The Labute approximate surface area is 115 Å². The zero-order chi connectivity index (χ0) is 12.1. The van der Waals surface area contributed by atoms with Gasteiger partial charge in [0.25, 0.3) is 0 Å². The third-order valence-electron chi connectivity index (χ3n) is 2.38. The van der Waals surface area contributed by atoms with Crippen molar-refractivity contribution >= 4 is 22.6 Å². The third-order valence-corrected chi connectivity index (χ3v) is 3.05. The fourth-order valence-electron chi connectivity index (χ4n) is 1.54. The molecule has 0 aliphatic carbocycles. The van der Waals surface area contributed by atoms with Gasteiger partial charge in [0.15, 0.2) is 0 Å². The van der Waals surface area contributed by atoms with E-state index in [1.165, 1.54) is 3.57 Å². The lowest BCUT2D eigenvalue weighted by Gasteiger charge is -2.10. The van der Waals surface area contributed by atoms with Crippen molar-refractivity contribution in [3.05, 3.63) is 57.7 Å². The van der Waals surface area contributed by atoms with Gasteiger partial charge in [-0.05, 0) is 46.9 Å². The molecule has 0 amide bonds. The molecule has 0 aliphatic heterocycles. The van der Waals surface area contributed by atoms with E-state index in [1.54, 1.807) is 7.11 Å². The van der Waals surface area contributed by atoms with E-state index in [9.17, 15) is 0 Å². The lowest BCUT2D eigenvalue weighted by Crippen LogP contribution is -1.98. The van der Waals surface area contributed by atoms with Crippen LogP contribution < -0.4 is 9.47 Å². The molecular formula is C14H13IO2. The molecule has 0 unspecified atom stereocenters. The van der Waals surface area contributed by atoms with Crippen LogP contribution in [0.1, 0.15) is 5.56 Å². The molecule has 0 spiro atoms. The molecule has 2 aromatic rings. The van der Waals surface area contributed by atoms with Crippen molar-refractivity contribution in [1.29, 1.82) is 0 Å². The standard InChI is InChI=1S/C14H13IO2/c1-16-14-8-3-2-5-11(14)10-17-13-7-4-6-12(15)9-13/h2-9H,10H2,1H3. The maximum absolute atomic E-state index is 5.73. The van der Waals surface area contributed by atoms with Crippen molar-refractivity contribution in [3.63, 3.8) is 0 Å². The number of ether oxygens (including phenoxy) is 2. The van der Waals surface area contributed by atoms with E-state index in [-0.39, 0.29) is 0 Å². The van der Waals surface area contributed by atoms with Gasteiger partial charge in [-0.25, -0.2) is 0 Å². The Morgan fingerprint density at radius 3 is 2.65 bits per heavy atom. The summed E-state index contributed by atoms with van der Waals surface area (Å²) >= 11 is 2.27. The predicted molar refractivity (Wildman–Crippen MR) is 76.5 cm³/mol. The van der Waals surface area contributed by atoms with E-state index in [2.05, 4.69) is 22.6 Å². The topological polar surface area (TPSA) is 18.5 Å². The van der Waals surface area contributed by atoms with Crippen LogP contribution in [0.2, 0.25) is 0 Å². The minimum Gasteiger partial charge on any atom is -0.496 e. The highest BCUT2D eigenvalue weighted by atomic mass is 127. The SMILES string of the molecule is COc1ccccc1COc1cccc(I)c1. The normalized spacial score (nSPS) is 10.0. The van der Waals surface area contributed by atoms with Crippen LogP contribution in [0.25, 0.3) is 0 Å². The number of halogens is 1. The second kappa shape index (κ2) is 5.91. The number of para-hydroxylation sites is 1. The highest BCUT2D eigenvalue weighted by Crippen LogP contribution is 2.21. The molecular weight excluding hydrogens is 327 g/mol. The van der Waals surface area contributed by atoms with E-state index < -0.39 is 0 Å². The van der Waals surface area contributed by atoms with Crippen molar-refractivity contribution < 1.29 is 9.47 Å². The van der Waals surface area contributed by atoms with Gasteiger partial charge >= 0.3 is 0 Å². The minimum absolute atomic E-state index is 0.518. The van der Waals surface area contributed by atoms with Gasteiger partial charge in [-0.2, -0.15) is 0 Å². The largest absolute Gasteiger partial charge is 0.496 e. The molecule has 2 rings (SSSR count). The molecule has 3 heteroatoms. The van der Waals surface area contributed by atoms with E-state index in [4.69, 9.17) is 9.47 Å². The molecule has 88 valence electrons. The molecule has 0 N–H and O–H groups in total. The van der Waals surface area contributed by atoms with Gasteiger partial charge in [0.1, 0.15) is 18.1 Å². The Balaban J connectivity index is 2.07. The number of hydrogen-bond donors (Lipinski definition) is 0. The summed E-state index contributed by atoms with van der Waals surface area (Å²) in [6.45, 7) is 0.518. The molecule has 0 saturated heterocycles. The summed E-state index contributed by atoms with van der Waals surface area (Å²) in [7, 11) is 1.67. The van der Waals surface area contributed by atoms with E-state index in [0.717, 1.165) is 17.1 Å². The Bertz CT molecular complexity index is 497. The smallest absolute Gasteiger partial charge is 0.125 e. The van der Waals surface area contributed by atoms with Crippen molar-refractivity contribution in [3.8, 4) is 11.5 Å². The first-order chi connectivity index (χ1) is 8.29. The van der Waals surface area contributed by atoms with Crippen molar-refractivity contribution in [2.45, 2.75) is 6.61 Å².